The molecule has 0 spiro atoms. The van der Waals surface area contributed by atoms with E-state index in [4.69, 9.17) is 5.11 Å². The van der Waals surface area contributed by atoms with E-state index in [1.54, 1.807) is 19.1 Å². The van der Waals surface area contributed by atoms with Gasteiger partial charge in [-0.1, -0.05) is 17.9 Å². The Bertz CT molecular complexity index is 614. The second kappa shape index (κ2) is 8.15. The largest absolute Gasteiger partial charge is 0.395 e. The molecule has 116 valence electrons. The third kappa shape index (κ3) is 5.48. The Morgan fingerprint density at radius 3 is 2.71 bits per heavy atom. The van der Waals surface area contributed by atoms with Gasteiger partial charge in [0.15, 0.2) is 0 Å². The van der Waals surface area contributed by atoms with Crippen molar-refractivity contribution in [3.05, 3.63) is 29.8 Å². The van der Waals surface area contributed by atoms with Gasteiger partial charge in [0.05, 0.1) is 17.6 Å². The van der Waals surface area contributed by atoms with Gasteiger partial charge < -0.3 is 10.2 Å². The molecule has 0 bridgehead atoms. The van der Waals surface area contributed by atoms with Gasteiger partial charge in [-0.2, -0.15) is 0 Å². The molecule has 2 N–H and O–H groups in total. The fraction of sp³-hybridized carbons (Fsp3) is 0.467. The third-order valence-corrected chi connectivity index (χ3v) is 4.73. The Morgan fingerprint density at radius 1 is 1.38 bits per heavy atom. The minimum atomic E-state index is -3.58. The molecule has 0 radical (unpaired) electrons. The molecule has 0 aromatic heterocycles. The first-order chi connectivity index (χ1) is 9.87. The highest BCUT2D eigenvalue weighted by atomic mass is 32.2. The molecule has 0 aliphatic heterocycles. The molecule has 1 atom stereocenters. The molecule has 0 saturated heterocycles. The molecule has 1 aromatic carbocycles. The minimum Gasteiger partial charge on any atom is -0.395 e. The fourth-order valence-corrected chi connectivity index (χ4v) is 2.86. The number of aliphatic hydroxyl groups is 2. The van der Waals surface area contributed by atoms with Gasteiger partial charge in [-0.25, -0.2) is 12.7 Å². The normalized spacial score (nSPS) is 12.8. The molecule has 1 unspecified atom stereocenters. The molecular formula is C15H21NO4S. The van der Waals surface area contributed by atoms with Crippen LogP contribution in [0.25, 0.3) is 0 Å². The molecule has 0 aliphatic rings. The Morgan fingerprint density at radius 2 is 2.10 bits per heavy atom. The molecule has 0 amide bonds. The highest BCUT2D eigenvalue weighted by molar-refractivity contribution is 7.89. The number of rotatable bonds is 6. The second-order valence-corrected chi connectivity index (χ2v) is 6.81. The van der Waals surface area contributed by atoms with Crippen molar-refractivity contribution in [2.24, 2.45) is 0 Å². The number of aliphatic hydroxyl groups excluding tert-OH is 2. The highest BCUT2D eigenvalue weighted by Crippen LogP contribution is 2.16. The lowest BCUT2D eigenvalue weighted by atomic mass is 10.2. The van der Waals surface area contributed by atoms with Gasteiger partial charge in [0, 0.05) is 25.6 Å². The summed E-state index contributed by atoms with van der Waals surface area (Å²) in [6.45, 7) is 1.85. The molecule has 1 aromatic rings. The van der Waals surface area contributed by atoms with E-state index in [9.17, 15) is 13.5 Å². The molecule has 5 nitrogen and oxygen atoms in total. The Balaban J connectivity index is 2.93. The molecule has 6 heteroatoms. The smallest absolute Gasteiger partial charge is 0.242 e. The summed E-state index contributed by atoms with van der Waals surface area (Å²) in [4.78, 5) is 0.173. The molecular weight excluding hydrogens is 290 g/mol. The average molecular weight is 311 g/mol. The van der Waals surface area contributed by atoms with E-state index in [1.807, 2.05) is 0 Å². The molecule has 1 rings (SSSR count). The molecule has 0 fully saturated rings. The van der Waals surface area contributed by atoms with Crippen molar-refractivity contribution < 1.29 is 18.6 Å². The van der Waals surface area contributed by atoms with Crippen molar-refractivity contribution in [3.8, 4) is 11.8 Å². The van der Waals surface area contributed by atoms with E-state index in [0.29, 0.717) is 18.4 Å². The summed E-state index contributed by atoms with van der Waals surface area (Å²) in [6, 6.07) is 6.39. The SMILES string of the molecule is CC(O)CCN(C)S(=O)(=O)c1cccc(C#CCCO)c1. The lowest BCUT2D eigenvalue weighted by molar-refractivity contribution is 0.177. The van der Waals surface area contributed by atoms with E-state index in [-0.39, 0.29) is 18.0 Å². The first-order valence-corrected chi connectivity index (χ1v) is 8.16. The Kier molecular flexibility index (Phi) is 6.85. The summed E-state index contributed by atoms with van der Waals surface area (Å²) in [7, 11) is -2.09. The van der Waals surface area contributed by atoms with Crippen LogP contribution in [0.1, 0.15) is 25.3 Å². The molecule has 21 heavy (non-hydrogen) atoms. The summed E-state index contributed by atoms with van der Waals surface area (Å²) in [6.07, 6.45) is 0.190. The van der Waals surface area contributed by atoms with Gasteiger partial charge >= 0.3 is 0 Å². The topological polar surface area (TPSA) is 77.8 Å². The van der Waals surface area contributed by atoms with E-state index in [1.165, 1.54) is 23.5 Å². The first-order valence-electron chi connectivity index (χ1n) is 6.72. The zero-order valence-electron chi connectivity index (χ0n) is 12.3. The predicted octanol–water partition coefficient (Wildman–Crippen LogP) is 0.812. The van der Waals surface area contributed by atoms with E-state index < -0.39 is 16.1 Å². The standard InChI is InChI=1S/C15H21NO4S/c1-13(18)9-10-16(2)21(19,20)15-8-5-7-14(12-15)6-3-4-11-17/h5,7-8,12-13,17-18H,4,9-11H2,1-2H3. The van der Waals surface area contributed by atoms with Crippen LogP contribution in [0.3, 0.4) is 0 Å². The predicted molar refractivity (Wildman–Crippen MR) is 81.1 cm³/mol. The Labute approximate surface area is 126 Å². The van der Waals surface area contributed by atoms with E-state index in [0.717, 1.165) is 0 Å². The van der Waals surface area contributed by atoms with Gasteiger partial charge in [0.2, 0.25) is 10.0 Å². The average Bonchev–Trinajstić information content (AvgIpc) is 2.45. The van der Waals surface area contributed by atoms with Crippen molar-refractivity contribution in [2.45, 2.75) is 30.8 Å². The maximum atomic E-state index is 12.4. The van der Waals surface area contributed by atoms with Gasteiger partial charge in [-0.15, -0.1) is 0 Å². The zero-order valence-corrected chi connectivity index (χ0v) is 13.1. The molecule has 0 heterocycles. The number of benzene rings is 1. The number of nitrogens with zero attached hydrogens (tertiary/aromatic N) is 1. The zero-order chi connectivity index (χ0) is 15.9. The van der Waals surface area contributed by atoms with Crippen LogP contribution in [-0.2, 0) is 10.0 Å². The van der Waals surface area contributed by atoms with Crippen molar-refractivity contribution in [1.29, 1.82) is 0 Å². The van der Waals surface area contributed by atoms with Crippen LogP contribution in [0.15, 0.2) is 29.2 Å². The molecule has 0 saturated carbocycles. The number of hydrogen-bond donors (Lipinski definition) is 2. The van der Waals surface area contributed by atoms with Crippen LogP contribution in [0.5, 0.6) is 0 Å². The summed E-state index contributed by atoms with van der Waals surface area (Å²) in [5.74, 6) is 5.57. The maximum Gasteiger partial charge on any atom is 0.242 e. The second-order valence-electron chi connectivity index (χ2n) is 4.77. The third-order valence-electron chi connectivity index (χ3n) is 2.87. The van der Waals surface area contributed by atoms with Crippen LogP contribution in [0.2, 0.25) is 0 Å². The number of sulfonamides is 1. The number of hydrogen-bond acceptors (Lipinski definition) is 4. The van der Waals surface area contributed by atoms with Crippen molar-refractivity contribution >= 4 is 10.0 Å². The fourth-order valence-electron chi connectivity index (χ4n) is 1.62. The first kappa shape index (κ1) is 17.7. The minimum absolute atomic E-state index is 0.0208. The van der Waals surface area contributed by atoms with Crippen molar-refractivity contribution in [2.75, 3.05) is 20.2 Å². The van der Waals surface area contributed by atoms with Crippen LogP contribution in [-0.4, -0.2) is 49.2 Å². The summed E-state index contributed by atoms with van der Waals surface area (Å²) >= 11 is 0. The van der Waals surface area contributed by atoms with Crippen LogP contribution >= 0.6 is 0 Å². The van der Waals surface area contributed by atoms with Gasteiger partial charge in [0.1, 0.15) is 0 Å². The van der Waals surface area contributed by atoms with Crippen molar-refractivity contribution in [1.82, 2.24) is 4.31 Å². The maximum absolute atomic E-state index is 12.4. The summed E-state index contributed by atoms with van der Waals surface area (Å²) in [5.41, 5.74) is 0.591. The monoisotopic (exact) mass is 311 g/mol. The van der Waals surface area contributed by atoms with Gasteiger partial charge in [-0.05, 0) is 31.5 Å². The van der Waals surface area contributed by atoms with E-state index in [2.05, 4.69) is 11.8 Å². The quantitative estimate of drug-likeness (QED) is 0.762. The lowest BCUT2D eigenvalue weighted by Gasteiger charge is -2.18. The summed E-state index contributed by atoms with van der Waals surface area (Å²) in [5, 5.41) is 17.9. The van der Waals surface area contributed by atoms with Gasteiger partial charge in [0.25, 0.3) is 0 Å². The van der Waals surface area contributed by atoms with Crippen LogP contribution in [0.4, 0.5) is 0 Å². The highest BCUT2D eigenvalue weighted by Gasteiger charge is 2.20. The van der Waals surface area contributed by atoms with Crippen molar-refractivity contribution in [3.63, 3.8) is 0 Å². The molecule has 0 aliphatic carbocycles. The van der Waals surface area contributed by atoms with Crippen LogP contribution in [0, 0.1) is 11.8 Å². The van der Waals surface area contributed by atoms with Gasteiger partial charge in [-0.3, -0.25) is 0 Å². The lowest BCUT2D eigenvalue weighted by Crippen LogP contribution is -2.29. The van der Waals surface area contributed by atoms with Crippen LogP contribution < -0.4 is 0 Å². The Hall–Kier alpha value is -1.39. The van der Waals surface area contributed by atoms with E-state index >= 15 is 0 Å². The summed E-state index contributed by atoms with van der Waals surface area (Å²) < 4.78 is 26.0.